The summed E-state index contributed by atoms with van der Waals surface area (Å²) in [6.45, 7) is 3.39. The Balaban J connectivity index is 2.79. The van der Waals surface area contributed by atoms with E-state index in [4.69, 9.17) is 16.7 Å². The van der Waals surface area contributed by atoms with Crippen molar-refractivity contribution in [3.05, 3.63) is 34.6 Å². The van der Waals surface area contributed by atoms with Crippen LogP contribution in [0.2, 0.25) is 5.02 Å². The molecular weight excluding hydrogens is 273 g/mol. The lowest BCUT2D eigenvalue weighted by Crippen LogP contribution is -2.43. The monoisotopic (exact) mass is 287 g/mol. The molecule has 0 saturated carbocycles. The third-order valence-electron chi connectivity index (χ3n) is 2.61. The largest absolute Gasteiger partial charge is 0.481 e. The molecule has 0 aliphatic carbocycles. The summed E-state index contributed by atoms with van der Waals surface area (Å²) in [5, 5.41) is 11.0. The maximum Gasteiger partial charge on any atom is 0.303 e. The van der Waals surface area contributed by atoms with Gasteiger partial charge in [0.2, 0.25) is 0 Å². The second-order valence-electron chi connectivity index (χ2n) is 4.83. The van der Waals surface area contributed by atoms with Crippen molar-refractivity contribution in [2.75, 3.05) is 0 Å². The summed E-state index contributed by atoms with van der Waals surface area (Å²) in [4.78, 5) is 22.5. The zero-order valence-corrected chi connectivity index (χ0v) is 11.4. The van der Waals surface area contributed by atoms with Gasteiger partial charge in [0.25, 0.3) is 5.91 Å². The Hall–Kier alpha value is -1.62. The SMILES string of the molecule is CC(C)(CCC(=O)O)NC(=O)c1cccc(F)c1Cl. The van der Waals surface area contributed by atoms with E-state index >= 15 is 0 Å². The Labute approximate surface area is 115 Å². The maximum absolute atomic E-state index is 13.2. The van der Waals surface area contributed by atoms with E-state index in [0.717, 1.165) is 6.07 Å². The second-order valence-corrected chi connectivity index (χ2v) is 5.21. The first-order valence-corrected chi connectivity index (χ1v) is 6.09. The standard InChI is InChI=1S/C13H15ClFNO3/c1-13(2,7-6-10(17)18)16-12(19)8-4-3-5-9(15)11(8)14/h3-5H,6-7H2,1-2H3,(H,16,19)(H,17,18). The van der Waals surface area contributed by atoms with Crippen LogP contribution in [-0.4, -0.2) is 22.5 Å². The summed E-state index contributed by atoms with van der Waals surface area (Å²) < 4.78 is 13.2. The first-order chi connectivity index (χ1) is 8.73. The fourth-order valence-corrected chi connectivity index (χ4v) is 1.75. The summed E-state index contributed by atoms with van der Waals surface area (Å²) in [7, 11) is 0. The number of halogens is 2. The molecule has 6 heteroatoms. The minimum absolute atomic E-state index is 0.0325. The molecule has 0 radical (unpaired) electrons. The van der Waals surface area contributed by atoms with Crippen LogP contribution < -0.4 is 5.32 Å². The Morgan fingerprint density at radius 2 is 2.05 bits per heavy atom. The number of carboxylic acid groups (broad SMARTS) is 1. The Morgan fingerprint density at radius 1 is 1.42 bits per heavy atom. The molecule has 0 aliphatic heterocycles. The van der Waals surface area contributed by atoms with Gasteiger partial charge in [-0.1, -0.05) is 17.7 Å². The average Bonchev–Trinajstić information content (AvgIpc) is 2.29. The van der Waals surface area contributed by atoms with Crippen molar-refractivity contribution in [1.29, 1.82) is 0 Å². The zero-order chi connectivity index (χ0) is 14.6. The molecule has 0 unspecified atom stereocenters. The summed E-state index contributed by atoms with van der Waals surface area (Å²) in [5.74, 6) is -2.14. The molecule has 0 aliphatic rings. The molecule has 0 aromatic heterocycles. The van der Waals surface area contributed by atoms with E-state index in [1.165, 1.54) is 12.1 Å². The van der Waals surface area contributed by atoms with Crippen molar-refractivity contribution in [3.8, 4) is 0 Å². The van der Waals surface area contributed by atoms with Crippen molar-refractivity contribution in [2.45, 2.75) is 32.2 Å². The van der Waals surface area contributed by atoms with Crippen LogP contribution in [0.1, 0.15) is 37.0 Å². The predicted octanol–water partition coefficient (Wildman–Crippen LogP) is 2.85. The van der Waals surface area contributed by atoms with Crippen LogP contribution >= 0.6 is 11.6 Å². The highest BCUT2D eigenvalue weighted by molar-refractivity contribution is 6.34. The van der Waals surface area contributed by atoms with Gasteiger partial charge in [0.1, 0.15) is 5.82 Å². The van der Waals surface area contributed by atoms with Gasteiger partial charge in [0, 0.05) is 12.0 Å². The minimum Gasteiger partial charge on any atom is -0.481 e. The van der Waals surface area contributed by atoms with Gasteiger partial charge >= 0.3 is 5.97 Å². The van der Waals surface area contributed by atoms with Gasteiger partial charge in [0.15, 0.2) is 0 Å². The van der Waals surface area contributed by atoms with Gasteiger partial charge in [-0.15, -0.1) is 0 Å². The van der Waals surface area contributed by atoms with Gasteiger partial charge < -0.3 is 10.4 Å². The molecule has 0 spiro atoms. The molecule has 0 atom stereocenters. The van der Waals surface area contributed by atoms with Gasteiger partial charge in [0.05, 0.1) is 10.6 Å². The maximum atomic E-state index is 13.2. The van der Waals surface area contributed by atoms with Crippen LogP contribution in [0.15, 0.2) is 18.2 Å². The van der Waals surface area contributed by atoms with Crippen LogP contribution in [0.25, 0.3) is 0 Å². The van der Waals surface area contributed by atoms with E-state index in [1.807, 2.05) is 0 Å². The second kappa shape index (κ2) is 6.02. The molecule has 1 amide bonds. The predicted molar refractivity (Wildman–Crippen MR) is 69.8 cm³/mol. The van der Waals surface area contributed by atoms with E-state index in [0.29, 0.717) is 0 Å². The Morgan fingerprint density at radius 3 is 2.63 bits per heavy atom. The molecule has 104 valence electrons. The zero-order valence-electron chi connectivity index (χ0n) is 10.7. The summed E-state index contributed by atoms with van der Waals surface area (Å²) >= 11 is 5.71. The van der Waals surface area contributed by atoms with E-state index in [2.05, 4.69) is 5.32 Å². The van der Waals surface area contributed by atoms with Crippen LogP contribution in [0.5, 0.6) is 0 Å². The molecule has 0 saturated heterocycles. The van der Waals surface area contributed by atoms with Crippen LogP contribution in [0.3, 0.4) is 0 Å². The fourth-order valence-electron chi connectivity index (χ4n) is 1.54. The smallest absolute Gasteiger partial charge is 0.303 e. The molecule has 19 heavy (non-hydrogen) atoms. The number of carbonyl (C=O) groups excluding carboxylic acids is 1. The van der Waals surface area contributed by atoms with Crippen LogP contribution in [-0.2, 0) is 4.79 Å². The first kappa shape index (κ1) is 15.4. The lowest BCUT2D eigenvalue weighted by molar-refractivity contribution is -0.137. The third-order valence-corrected chi connectivity index (χ3v) is 3.00. The lowest BCUT2D eigenvalue weighted by atomic mass is 9.97. The topological polar surface area (TPSA) is 66.4 Å². The van der Waals surface area contributed by atoms with Crippen LogP contribution in [0.4, 0.5) is 4.39 Å². The highest BCUT2D eigenvalue weighted by Crippen LogP contribution is 2.21. The lowest BCUT2D eigenvalue weighted by Gasteiger charge is -2.25. The number of rotatable bonds is 5. The normalized spacial score (nSPS) is 11.2. The van der Waals surface area contributed by atoms with E-state index < -0.39 is 23.2 Å². The number of nitrogens with one attached hydrogen (secondary N) is 1. The number of carboxylic acids is 1. The molecule has 1 rings (SSSR count). The Bertz CT molecular complexity index is 503. The quantitative estimate of drug-likeness (QED) is 0.875. The Kier molecular flexibility index (Phi) is 4.89. The molecule has 1 aromatic carbocycles. The van der Waals surface area contributed by atoms with E-state index in [1.54, 1.807) is 13.8 Å². The number of benzene rings is 1. The van der Waals surface area contributed by atoms with Gasteiger partial charge in [-0.2, -0.15) is 0 Å². The van der Waals surface area contributed by atoms with E-state index in [9.17, 15) is 14.0 Å². The van der Waals surface area contributed by atoms with Gasteiger partial charge in [-0.05, 0) is 32.4 Å². The van der Waals surface area contributed by atoms with Crippen molar-refractivity contribution >= 4 is 23.5 Å². The fraction of sp³-hybridized carbons (Fsp3) is 0.385. The highest BCUT2D eigenvalue weighted by Gasteiger charge is 2.23. The van der Waals surface area contributed by atoms with Crippen molar-refractivity contribution in [3.63, 3.8) is 0 Å². The summed E-state index contributed by atoms with van der Waals surface area (Å²) in [5.41, 5.74) is -0.685. The summed E-state index contributed by atoms with van der Waals surface area (Å²) in [6.07, 6.45) is 0.200. The molecule has 0 heterocycles. The minimum atomic E-state index is -0.939. The summed E-state index contributed by atoms with van der Waals surface area (Å²) in [6, 6.07) is 3.96. The molecule has 0 fully saturated rings. The number of hydrogen-bond acceptors (Lipinski definition) is 2. The highest BCUT2D eigenvalue weighted by atomic mass is 35.5. The molecule has 0 bridgehead atoms. The molecular formula is C13H15ClFNO3. The number of hydrogen-bond donors (Lipinski definition) is 2. The van der Waals surface area contributed by atoms with Crippen LogP contribution in [0, 0.1) is 5.82 Å². The molecule has 4 nitrogen and oxygen atoms in total. The molecule has 2 N–H and O–H groups in total. The molecule has 1 aromatic rings. The van der Waals surface area contributed by atoms with Gasteiger partial charge in [-0.25, -0.2) is 4.39 Å². The van der Waals surface area contributed by atoms with Crippen molar-refractivity contribution < 1.29 is 19.1 Å². The van der Waals surface area contributed by atoms with Gasteiger partial charge in [-0.3, -0.25) is 9.59 Å². The third kappa shape index (κ3) is 4.52. The van der Waals surface area contributed by atoms with E-state index in [-0.39, 0.29) is 23.4 Å². The average molecular weight is 288 g/mol. The first-order valence-electron chi connectivity index (χ1n) is 5.71. The van der Waals surface area contributed by atoms with Crippen molar-refractivity contribution in [1.82, 2.24) is 5.32 Å². The number of carbonyl (C=O) groups is 2. The number of aliphatic carboxylic acids is 1. The van der Waals surface area contributed by atoms with Crippen molar-refractivity contribution in [2.24, 2.45) is 0 Å². The number of amides is 1.